The fraction of sp³-hybridized carbons (Fsp3) is 0.235. The molecule has 0 saturated heterocycles. The Hall–Kier alpha value is -2.89. The molecule has 0 unspecified atom stereocenters. The Bertz CT molecular complexity index is 782. The van der Waals surface area contributed by atoms with Crippen molar-refractivity contribution >= 4 is 11.6 Å². The quantitative estimate of drug-likeness (QED) is 0.757. The Kier molecular flexibility index (Phi) is 3.63. The standard InChI is InChI=1S/C17H17N5O/c1-3-14(9-16(5-1)23-11-13-6-7-13)20-17-19-12-22(21-17)15-4-2-8-18-10-15/h1-5,8-10,12-13H,6-7,11H2,(H,20,21). The van der Waals surface area contributed by atoms with Crippen molar-refractivity contribution in [1.29, 1.82) is 0 Å². The van der Waals surface area contributed by atoms with E-state index in [4.69, 9.17) is 4.74 Å². The summed E-state index contributed by atoms with van der Waals surface area (Å²) in [5.74, 6) is 2.14. The Morgan fingerprint density at radius 2 is 2.17 bits per heavy atom. The third kappa shape index (κ3) is 3.48. The van der Waals surface area contributed by atoms with Crippen LogP contribution in [0.15, 0.2) is 55.1 Å². The summed E-state index contributed by atoms with van der Waals surface area (Å²) >= 11 is 0. The lowest BCUT2D eigenvalue weighted by Crippen LogP contribution is -2.00. The maximum Gasteiger partial charge on any atom is 0.246 e. The van der Waals surface area contributed by atoms with Crippen LogP contribution in [0, 0.1) is 5.92 Å². The van der Waals surface area contributed by atoms with Crippen molar-refractivity contribution in [3.8, 4) is 11.4 Å². The number of rotatable bonds is 6. The van der Waals surface area contributed by atoms with E-state index >= 15 is 0 Å². The smallest absolute Gasteiger partial charge is 0.246 e. The number of hydrogen-bond donors (Lipinski definition) is 1. The zero-order valence-corrected chi connectivity index (χ0v) is 12.6. The van der Waals surface area contributed by atoms with E-state index < -0.39 is 0 Å². The predicted molar refractivity (Wildman–Crippen MR) is 87.1 cm³/mol. The molecule has 0 aliphatic heterocycles. The van der Waals surface area contributed by atoms with Gasteiger partial charge in [0, 0.05) is 18.0 Å². The van der Waals surface area contributed by atoms with Crippen molar-refractivity contribution in [1.82, 2.24) is 19.7 Å². The zero-order chi connectivity index (χ0) is 15.5. The lowest BCUT2D eigenvalue weighted by Gasteiger charge is -2.07. The second kappa shape index (κ2) is 6.08. The largest absolute Gasteiger partial charge is 0.493 e. The Morgan fingerprint density at radius 1 is 1.22 bits per heavy atom. The lowest BCUT2D eigenvalue weighted by molar-refractivity contribution is 0.300. The Morgan fingerprint density at radius 3 is 3.00 bits per heavy atom. The molecule has 116 valence electrons. The molecule has 1 aliphatic rings. The summed E-state index contributed by atoms with van der Waals surface area (Å²) in [6.45, 7) is 0.803. The van der Waals surface area contributed by atoms with Crippen molar-refractivity contribution in [3.63, 3.8) is 0 Å². The van der Waals surface area contributed by atoms with Crippen LogP contribution in [0.4, 0.5) is 11.6 Å². The monoisotopic (exact) mass is 307 g/mol. The van der Waals surface area contributed by atoms with Crippen LogP contribution in [0.5, 0.6) is 5.75 Å². The summed E-state index contributed by atoms with van der Waals surface area (Å²) in [5.41, 5.74) is 1.77. The topological polar surface area (TPSA) is 64.9 Å². The minimum Gasteiger partial charge on any atom is -0.493 e. The fourth-order valence-corrected chi connectivity index (χ4v) is 2.23. The SMILES string of the molecule is c1cc(Nc2ncn(-c3cccnc3)n2)cc(OCC2CC2)c1. The third-order valence-corrected chi connectivity index (χ3v) is 3.68. The number of hydrogen-bond acceptors (Lipinski definition) is 5. The first kappa shape index (κ1) is 13.8. The van der Waals surface area contributed by atoms with Crippen molar-refractivity contribution in [2.45, 2.75) is 12.8 Å². The van der Waals surface area contributed by atoms with Gasteiger partial charge in [-0.25, -0.2) is 4.68 Å². The number of ether oxygens (including phenoxy) is 1. The maximum absolute atomic E-state index is 5.79. The summed E-state index contributed by atoms with van der Waals surface area (Å²) in [7, 11) is 0. The molecule has 3 aromatic rings. The van der Waals surface area contributed by atoms with Crippen LogP contribution in [0.2, 0.25) is 0 Å². The fourth-order valence-electron chi connectivity index (χ4n) is 2.23. The van der Waals surface area contributed by atoms with E-state index in [1.54, 1.807) is 23.4 Å². The van der Waals surface area contributed by atoms with Crippen LogP contribution in [0.3, 0.4) is 0 Å². The van der Waals surface area contributed by atoms with E-state index in [0.717, 1.165) is 29.6 Å². The van der Waals surface area contributed by atoms with Crippen LogP contribution >= 0.6 is 0 Å². The average molecular weight is 307 g/mol. The number of nitrogens with zero attached hydrogens (tertiary/aromatic N) is 4. The highest BCUT2D eigenvalue weighted by molar-refractivity contribution is 5.55. The first-order valence-electron chi connectivity index (χ1n) is 7.69. The molecule has 6 heteroatoms. The molecule has 2 aromatic heterocycles. The molecule has 1 N–H and O–H groups in total. The van der Waals surface area contributed by atoms with Crippen molar-refractivity contribution < 1.29 is 4.74 Å². The number of aromatic nitrogens is 4. The van der Waals surface area contributed by atoms with Gasteiger partial charge >= 0.3 is 0 Å². The van der Waals surface area contributed by atoms with E-state index in [9.17, 15) is 0 Å². The van der Waals surface area contributed by atoms with E-state index in [-0.39, 0.29) is 0 Å². The van der Waals surface area contributed by atoms with Gasteiger partial charge < -0.3 is 10.1 Å². The van der Waals surface area contributed by atoms with E-state index in [0.29, 0.717) is 5.95 Å². The molecule has 0 spiro atoms. The number of pyridine rings is 1. The zero-order valence-electron chi connectivity index (χ0n) is 12.6. The van der Waals surface area contributed by atoms with Crippen molar-refractivity contribution in [2.75, 3.05) is 11.9 Å². The molecule has 2 heterocycles. The molecule has 0 bridgehead atoms. The van der Waals surface area contributed by atoms with Gasteiger partial charge in [-0.3, -0.25) is 4.98 Å². The molecule has 6 nitrogen and oxygen atoms in total. The van der Waals surface area contributed by atoms with Crippen molar-refractivity contribution in [3.05, 3.63) is 55.1 Å². The third-order valence-electron chi connectivity index (χ3n) is 3.68. The molecule has 0 radical (unpaired) electrons. The predicted octanol–water partition coefficient (Wildman–Crippen LogP) is 3.19. The van der Waals surface area contributed by atoms with Crippen LogP contribution in [0.25, 0.3) is 5.69 Å². The van der Waals surface area contributed by atoms with E-state index in [2.05, 4.69) is 20.4 Å². The average Bonchev–Trinajstić information content (AvgIpc) is 3.32. The van der Waals surface area contributed by atoms with Crippen molar-refractivity contribution in [2.24, 2.45) is 5.92 Å². The van der Waals surface area contributed by atoms with Gasteiger partial charge in [-0.05, 0) is 43.0 Å². The summed E-state index contributed by atoms with van der Waals surface area (Å²) in [5, 5.41) is 7.60. The second-order valence-electron chi connectivity index (χ2n) is 5.63. The number of anilines is 2. The maximum atomic E-state index is 5.79. The minimum absolute atomic E-state index is 0.535. The summed E-state index contributed by atoms with van der Waals surface area (Å²) in [6, 6.07) is 11.7. The minimum atomic E-state index is 0.535. The van der Waals surface area contributed by atoms with Gasteiger partial charge in [0.25, 0.3) is 0 Å². The van der Waals surface area contributed by atoms with Gasteiger partial charge in [0.1, 0.15) is 12.1 Å². The molecule has 4 rings (SSSR count). The van der Waals surface area contributed by atoms with Gasteiger partial charge in [0.15, 0.2) is 0 Å². The molecule has 1 aliphatic carbocycles. The second-order valence-corrected chi connectivity index (χ2v) is 5.63. The van der Waals surface area contributed by atoms with Gasteiger partial charge in [-0.2, -0.15) is 4.98 Å². The van der Waals surface area contributed by atoms with Gasteiger partial charge in [0.05, 0.1) is 18.5 Å². The highest BCUT2D eigenvalue weighted by Crippen LogP contribution is 2.30. The van der Waals surface area contributed by atoms with Crippen LogP contribution in [-0.2, 0) is 0 Å². The van der Waals surface area contributed by atoms with E-state index in [1.165, 1.54) is 12.8 Å². The first-order chi connectivity index (χ1) is 11.4. The number of benzene rings is 1. The molecule has 1 saturated carbocycles. The van der Waals surface area contributed by atoms with Gasteiger partial charge in [-0.15, -0.1) is 5.10 Å². The lowest BCUT2D eigenvalue weighted by atomic mass is 10.3. The van der Waals surface area contributed by atoms with Gasteiger partial charge in [0.2, 0.25) is 5.95 Å². The molecular formula is C17H17N5O. The van der Waals surface area contributed by atoms with Gasteiger partial charge in [-0.1, -0.05) is 6.07 Å². The highest BCUT2D eigenvalue weighted by atomic mass is 16.5. The normalized spacial score (nSPS) is 13.7. The first-order valence-corrected chi connectivity index (χ1v) is 7.69. The van der Waals surface area contributed by atoms with Crippen LogP contribution in [0.1, 0.15) is 12.8 Å². The van der Waals surface area contributed by atoms with Crippen LogP contribution in [-0.4, -0.2) is 26.4 Å². The molecule has 1 aromatic carbocycles. The summed E-state index contributed by atoms with van der Waals surface area (Å²) in [4.78, 5) is 8.35. The summed E-state index contributed by atoms with van der Waals surface area (Å²) in [6.07, 6.45) is 7.70. The molecule has 23 heavy (non-hydrogen) atoms. The molecular weight excluding hydrogens is 290 g/mol. The molecule has 0 amide bonds. The Balaban J connectivity index is 1.45. The molecule has 1 fully saturated rings. The molecule has 0 atom stereocenters. The Labute approximate surface area is 134 Å². The highest BCUT2D eigenvalue weighted by Gasteiger charge is 2.21. The summed E-state index contributed by atoms with van der Waals surface area (Å²) < 4.78 is 7.47. The number of nitrogens with one attached hydrogen (secondary N) is 1. The van der Waals surface area contributed by atoms with E-state index in [1.807, 2.05) is 36.4 Å². The van der Waals surface area contributed by atoms with Crippen LogP contribution < -0.4 is 10.1 Å².